The fourth-order valence-corrected chi connectivity index (χ4v) is 4.63. The van der Waals surface area contributed by atoms with E-state index in [4.69, 9.17) is 16.3 Å². The van der Waals surface area contributed by atoms with E-state index in [1.54, 1.807) is 35.2 Å². The molecule has 5 nitrogen and oxygen atoms in total. The number of hydrogen-bond donors (Lipinski definition) is 1. The molecule has 3 aliphatic rings. The number of nitrogens with zero attached hydrogens (tertiary/aromatic N) is 1. The molecule has 0 aromatic heterocycles. The fraction of sp³-hybridized carbons (Fsp3) is 0.368. The number of fused-ring (bicyclic) bond motifs is 1. The van der Waals surface area contributed by atoms with Crippen LogP contribution in [-0.4, -0.2) is 34.7 Å². The summed E-state index contributed by atoms with van der Waals surface area (Å²) in [7, 11) is 0. The van der Waals surface area contributed by atoms with Crippen molar-refractivity contribution in [2.45, 2.75) is 31.1 Å². The van der Waals surface area contributed by atoms with Crippen LogP contribution in [0, 0.1) is 11.8 Å². The first kappa shape index (κ1) is 16.4. The van der Waals surface area contributed by atoms with Gasteiger partial charge in [-0.25, -0.2) is 0 Å². The number of carbonyl (C=O) groups excluding carboxylic acids is 1. The van der Waals surface area contributed by atoms with Crippen molar-refractivity contribution in [1.29, 1.82) is 0 Å². The first-order chi connectivity index (χ1) is 11.8. The molecule has 6 heteroatoms. The van der Waals surface area contributed by atoms with E-state index in [0.717, 1.165) is 5.57 Å². The van der Waals surface area contributed by atoms with Crippen LogP contribution >= 0.6 is 11.6 Å². The van der Waals surface area contributed by atoms with E-state index in [1.165, 1.54) is 0 Å². The van der Waals surface area contributed by atoms with Crippen molar-refractivity contribution in [2.75, 3.05) is 4.90 Å². The molecule has 0 saturated carbocycles. The molecule has 4 rings (SSSR count). The summed E-state index contributed by atoms with van der Waals surface area (Å²) in [5.41, 5.74) is 0.628. The Morgan fingerprint density at radius 3 is 2.88 bits per heavy atom. The number of halogens is 1. The maximum Gasteiger partial charge on any atom is 0.310 e. The van der Waals surface area contributed by atoms with E-state index in [9.17, 15) is 14.7 Å². The molecule has 3 heterocycles. The molecule has 5 atom stereocenters. The predicted octanol–water partition coefficient (Wildman–Crippen LogP) is 3.05. The molecule has 130 valence electrons. The molecule has 2 saturated heterocycles. The molecule has 1 aromatic rings. The number of hydrogen-bond acceptors (Lipinski definition) is 3. The third kappa shape index (κ3) is 2.19. The number of carboxylic acid groups (broad SMARTS) is 1. The number of amides is 1. The Bertz CT molecular complexity index is 819. The number of anilines is 1. The van der Waals surface area contributed by atoms with Gasteiger partial charge in [-0.1, -0.05) is 35.4 Å². The van der Waals surface area contributed by atoms with Crippen LogP contribution in [0.5, 0.6) is 0 Å². The zero-order chi connectivity index (χ0) is 17.9. The highest BCUT2D eigenvalue weighted by Crippen LogP contribution is 2.56. The van der Waals surface area contributed by atoms with Gasteiger partial charge in [0.2, 0.25) is 5.91 Å². The minimum atomic E-state index is -1.00. The summed E-state index contributed by atoms with van der Waals surface area (Å²) in [6.07, 6.45) is 3.62. The third-order valence-corrected chi connectivity index (χ3v) is 5.57. The molecule has 3 aliphatic heterocycles. The van der Waals surface area contributed by atoms with Gasteiger partial charge in [-0.2, -0.15) is 0 Å². The molecule has 1 spiro atoms. The molecule has 1 N–H and O–H groups in total. The molecular weight excluding hydrogens is 342 g/mol. The van der Waals surface area contributed by atoms with Crippen LogP contribution in [0.15, 0.2) is 48.6 Å². The van der Waals surface area contributed by atoms with Gasteiger partial charge in [0, 0.05) is 10.7 Å². The molecule has 2 bridgehead atoms. The topological polar surface area (TPSA) is 66.8 Å². The van der Waals surface area contributed by atoms with Crippen LogP contribution in [-0.2, 0) is 14.3 Å². The number of ether oxygens (including phenoxy) is 1. The number of rotatable bonds is 4. The molecule has 0 radical (unpaired) electrons. The Morgan fingerprint density at radius 1 is 1.48 bits per heavy atom. The van der Waals surface area contributed by atoms with E-state index in [2.05, 4.69) is 6.58 Å². The number of carboxylic acids is 1. The number of benzene rings is 1. The molecule has 1 amide bonds. The standard InChI is InChI=1S/C19H18ClNO4/c1-10(2)8-14-19-7-6-13(25-19)15(18(23)24)16(19)17(22)21(14)12-5-3-4-11(20)9-12/h3-7,9,13-16H,1,8H2,2H3,(H,23,24)/t13-,14+,15-,16+,19+/m0/s1. The van der Waals surface area contributed by atoms with Crippen molar-refractivity contribution in [3.63, 3.8) is 0 Å². The lowest BCUT2D eigenvalue weighted by Crippen LogP contribution is -2.45. The van der Waals surface area contributed by atoms with Gasteiger partial charge in [0.1, 0.15) is 11.5 Å². The highest BCUT2D eigenvalue weighted by molar-refractivity contribution is 6.31. The fourth-order valence-electron chi connectivity index (χ4n) is 4.45. The Labute approximate surface area is 150 Å². The van der Waals surface area contributed by atoms with Crippen molar-refractivity contribution in [3.05, 3.63) is 53.6 Å². The van der Waals surface area contributed by atoms with Crippen LogP contribution in [0.1, 0.15) is 13.3 Å². The number of carbonyl (C=O) groups is 2. The van der Waals surface area contributed by atoms with Crippen LogP contribution < -0.4 is 4.90 Å². The second kappa shape index (κ2) is 5.44. The Hall–Kier alpha value is -2.11. The first-order valence-electron chi connectivity index (χ1n) is 8.18. The van der Waals surface area contributed by atoms with Crippen molar-refractivity contribution in [2.24, 2.45) is 11.8 Å². The lowest BCUT2D eigenvalue weighted by molar-refractivity contribution is -0.146. The smallest absolute Gasteiger partial charge is 0.310 e. The highest BCUT2D eigenvalue weighted by Gasteiger charge is 2.71. The third-order valence-electron chi connectivity index (χ3n) is 5.34. The monoisotopic (exact) mass is 359 g/mol. The van der Waals surface area contributed by atoms with Crippen LogP contribution in [0.25, 0.3) is 0 Å². The van der Waals surface area contributed by atoms with E-state index >= 15 is 0 Å². The summed E-state index contributed by atoms with van der Waals surface area (Å²) in [4.78, 5) is 26.7. The average Bonchev–Trinajstić information content (AvgIpc) is 3.16. The number of aliphatic carboxylic acids is 1. The second-order valence-corrected chi connectivity index (χ2v) is 7.44. The van der Waals surface area contributed by atoms with Gasteiger partial charge in [0.15, 0.2) is 0 Å². The molecule has 1 aromatic carbocycles. The van der Waals surface area contributed by atoms with Gasteiger partial charge in [-0.15, -0.1) is 6.58 Å². The van der Waals surface area contributed by atoms with Crippen molar-refractivity contribution in [3.8, 4) is 0 Å². The van der Waals surface area contributed by atoms with Crippen molar-refractivity contribution >= 4 is 29.2 Å². The van der Waals surface area contributed by atoms with Gasteiger partial charge >= 0.3 is 5.97 Å². The Morgan fingerprint density at radius 2 is 2.24 bits per heavy atom. The Balaban J connectivity index is 1.85. The normalized spacial score (nSPS) is 35.3. The van der Waals surface area contributed by atoms with Crippen LogP contribution in [0.2, 0.25) is 5.02 Å². The van der Waals surface area contributed by atoms with Gasteiger partial charge in [-0.05, 0) is 31.5 Å². The van der Waals surface area contributed by atoms with Crippen LogP contribution in [0.3, 0.4) is 0 Å². The summed E-state index contributed by atoms with van der Waals surface area (Å²) in [6, 6.07) is 6.69. The average molecular weight is 360 g/mol. The summed E-state index contributed by atoms with van der Waals surface area (Å²) in [5.74, 6) is -2.83. The van der Waals surface area contributed by atoms with E-state index < -0.39 is 29.5 Å². The Kier molecular flexibility index (Phi) is 3.56. The summed E-state index contributed by atoms with van der Waals surface area (Å²) >= 11 is 6.11. The van der Waals surface area contributed by atoms with Crippen molar-refractivity contribution < 1.29 is 19.4 Å². The lowest BCUT2D eigenvalue weighted by Gasteiger charge is -2.33. The van der Waals surface area contributed by atoms with Crippen LogP contribution in [0.4, 0.5) is 5.69 Å². The first-order valence-corrected chi connectivity index (χ1v) is 8.56. The second-order valence-electron chi connectivity index (χ2n) is 7.00. The van der Waals surface area contributed by atoms with Gasteiger partial charge in [0.05, 0.1) is 18.1 Å². The maximum atomic E-state index is 13.3. The van der Waals surface area contributed by atoms with E-state index in [1.807, 2.05) is 13.0 Å². The molecule has 0 unspecified atom stereocenters. The zero-order valence-corrected chi connectivity index (χ0v) is 14.4. The molecule has 25 heavy (non-hydrogen) atoms. The van der Waals surface area contributed by atoms with Gasteiger partial charge < -0.3 is 14.7 Å². The molecular formula is C19H18ClNO4. The van der Waals surface area contributed by atoms with Gasteiger partial charge in [-0.3, -0.25) is 9.59 Å². The van der Waals surface area contributed by atoms with Crippen molar-refractivity contribution in [1.82, 2.24) is 0 Å². The summed E-state index contributed by atoms with van der Waals surface area (Å²) < 4.78 is 6.10. The minimum Gasteiger partial charge on any atom is -0.481 e. The van der Waals surface area contributed by atoms with E-state index in [-0.39, 0.29) is 11.9 Å². The lowest BCUT2D eigenvalue weighted by atomic mass is 9.74. The molecule has 2 fully saturated rings. The largest absolute Gasteiger partial charge is 0.481 e. The predicted molar refractivity (Wildman–Crippen MR) is 93.5 cm³/mol. The quantitative estimate of drug-likeness (QED) is 0.839. The zero-order valence-electron chi connectivity index (χ0n) is 13.7. The van der Waals surface area contributed by atoms with Gasteiger partial charge in [0.25, 0.3) is 0 Å². The maximum absolute atomic E-state index is 13.3. The minimum absolute atomic E-state index is 0.229. The molecule has 0 aliphatic carbocycles. The van der Waals surface area contributed by atoms with E-state index in [0.29, 0.717) is 17.1 Å². The SMILES string of the molecule is C=C(C)C[C@H]1N(c2cccc(Cl)c2)C(=O)[C@H]2[C@@H](C(=O)O)[C@@H]3C=C[C@]21O3. The highest BCUT2D eigenvalue weighted by atomic mass is 35.5. The summed E-state index contributed by atoms with van der Waals surface area (Å²) in [5, 5.41) is 10.2. The summed E-state index contributed by atoms with van der Waals surface area (Å²) in [6.45, 7) is 5.87.